The molecule has 104 valence electrons. The minimum Gasteiger partial charge on any atom is -0.466 e. The molecule has 4 heteroatoms. The van der Waals surface area contributed by atoms with Gasteiger partial charge < -0.3 is 9.47 Å². The van der Waals surface area contributed by atoms with Crippen molar-refractivity contribution in [2.75, 3.05) is 13.2 Å². The molecule has 1 aliphatic rings. The lowest BCUT2D eigenvalue weighted by molar-refractivity contribution is -0.161. The van der Waals surface area contributed by atoms with Gasteiger partial charge in [-0.15, -0.1) is 0 Å². The molecule has 0 heterocycles. The molecule has 0 bridgehead atoms. The number of rotatable bonds is 4. The zero-order valence-electron chi connectivity index (χ0n) is 11.4. The normalized spacial score (nSPS) is 24.8. The van der Waals surface area contributed by atoms with Crippen molar-refractivity contribution >= 4 is 11.9 Å². The highest BCUT2D eigenvalue weighted by atomic mass is 16.5. The Bertz CT molecular complexity index is 247. The van der Waals surface area contributed by atoms with E-state index in [0.29, 0.717) is 13.2 Å². The van der Waals surface area contributed by atoms with Crippen LogP contribution in [0.2, 0.25) is 0 Å². The van der Waals surface area contributed by atoms with Gasteiger partial charge in [-0.05, 0) is 26.7 Å². The van der Waals surface area contributed by atoms with Crippen molar-refractivity contribution in [3.8, 4) is 0 Å². The molecule has 0 aromatic rings. The van der Waals surface area contributed by atoms with Crippen LogP contribution in [-0.2, 0) is 19.1 Å². The van der Waals surface area contributed by atoms with E-state index in [9.17, 15) is 9.59 Å². The number of hydrogen-bond donors (Lipinski definition) is 0. The largest absolute Gasteiger partial charge is 0.466 e. The summed E-state index contributed by atoms with van der Waals surface area (Å²) >= 11 is 0. The summed E-state index contributed by atoms with van der Waals surface area (Å²) in [5, 5.41) is 0. The minimum atomic E-state index is -0.315. The van der Waals surface area contributed by atoms with E-state index >= 15 is 0 Å². The average Bonchev–Trinajstić information content (AvgIpc) is 2.29. The second kappa shape index (κ2) is 8.11. The smallest absolute Gasteiger partial charge is 0.309 e. The van der Waals surface area contributed by atoms with Crippen molar-refractivity contribution in [3.63, 3.8) is 0 Å². The molecular weight excluding hydrogens is 232 g/mol. The van der Waals surface area contributed by atoms with Gasteiger partial charge in [0, 0.05) is 0 Å². The van der Waals surface area contributed by atoms with Crippen LogP contribution in [-0.4, -0.2) is 25.2 Å². The van der Waals surface area contributed by atoms with Gasteiger partial charge in [-0.1, -0.05) is 25.7 Å². The van der Waals surface area contributed by atoms with Crippen LogP contribution in [0.25, 0.3) is 0 Å². The summed E-state index contributed by atoms with van der Waals surface area (Å²) < 4.78 is 10.2. The quantitative estimate of drug-likeness (QED) is 0.726. The molecule has 0 saturated heterocycles. The highest BCUT2D eigenvalue weighted by molar-refractivity contribution is 5.82. The predicted octanol–water partition coefficient (Wildman–Crippen LogP) is 2.70. The van der Waals surface area contributed by atoms with Crippen LogP contribution in [0, 0.1) is 11.8 Å². The van der Waals surface area contributed by atoms with Crippen LogP contribution >= 0.6 is 0 Å². The molecule has 0 aromatic carbocycles. The molecule has 1 fully saturated rings. The van der Waals surface area contributed by atoms with Crippen LogP contribution < -0.4 is 0 Å². The first-order valence-corrected chi connectivity index (χ1v) is 7.04. The van der Waals surface area contributed by atoms with Gasteiger partial charge in [0.05, 0.1) is 25.0 Å². The SMILES string of the molecule is CCOC(=O)C1CCCCCCC1C(=O)OCC. The number of hydrogen-bond acceptors (Lipinski definition) is 4. The monoisotopic (exact) mass is 256 g/mol. The van der Waals surface area contributed by atoms with Gasteiger partial charge in [-0.2, -0.15) is 0 Å². The maximum absolute atomic E-state index is 12.0. The molecule has 18 heavy (non-hydrogen) atoms. The highest BCUT2D eigenvalue weighted by Gasteiger charge is 2.35. The second-order valence-corrected chi connectivity index (χ2v) is 4.71. The molecule has 0 N–H and O–H groups in total. The van der Waals surface area contributed by atoms with E-state index in [1.807, 2.05) is 0 Å². The average molecular weight is 256 g/mol. The van der Waals surface area contributed by atoms with Gasteiger partial charge >= 0.3 is 11.9 Å². The lowest BCUT2D eigenvalue weighted by Gasteiger charge is -2.26. The van der Waals surface area contributed by atoms with Gasteiger partial charge in [0.1, 0.15) is 0 Å². The molecule has 2 atom stereocenters. The van der Waals surface area contributed by atoms with Crippen molar-refractivity contribution in [2.24, 2.45) is 11.8 Å². The summed E-state index contributed by atoms with van der Waals surface area (Å²) in [6, 6.07) is 0. The van der Waals surface area contributed by atoms with Gasteiger partial charge in [-0.25, -0.2) is 0 Å². The topological polar surface area (TPSA) is 52.6 Å². The zero-order valence-corrected chi connectivity index (χ0v) is 11.4. The van der Waals surface area contributed by atoms with Crippen LogP contribution in [0.3, 0.4) is 0 Å². The summed E-state index contributed by atoms with van der Waals surface area (Å²) in [6.45, 7) is 4.32. The summed E-state index contributed by atoms with van der Waals surface area (Å²) in [4.78, 5) is 23.9. The third-order valence-electron chi connectivity index (χ3n) is 3.44. The molecule has 0 amide bonds. The first-order valence-electron chi connectivity index (χ1n) is 7.04. The highest BCUT2D eigenvalue weighted by Crippen LogP contribution is 2.30. The van der Waals surface area contributed by atoms with Crippen molar-refractivity contribution in [2.45, 2.75) is 52.4 Å². The van der Waals surface area contributed by atoms with Gasteiger partial charge in [-0.3, -0.25) is 9.59 Å². The maximum Gasteiger partial charge on any atom is 0.309 e. The third-order valence-corrected chi connectivity index (χ3v) is 3.44. The molecule has 0 aliphatic heterocycles. The van der Waals surface area contributed by atoms with Crippen LogP contribution in [0.4, 0.5) is 0 Å². The molecule has 1 saturated carbocycles. The second-order valence-electron chi connectivity index (χ2n) is 4.71. The number of carbonyl (C=O) groups excluding carboxylic acids is 2. The molecule has 4 nitrogen and oxygen atoms in total. The standard InChI is InChI=1S/C14H24O4/c1-3-17-13(15)11-9-7-5-6-8-10-12(11)14(16)18-4-2/h11-12H,3-10H2,1-2H3. The zero-order chi connectivity index (χ0) is 13.4. The molecule has 1 aliphatic carbocycles. The first kappa shape index (κ1) is 15.0. The summed E-state index contributed by atoms with van der Waals surface area (Å²) in [5.74, 6) is -1.11. The Morgan fingerprint density at radius 3 is 1.56 bits per heavy atom. The van der Waals surface area contributed by atoms with E-state index < -0.39 is 0 Å². The third kappa shape index (κ3) is 4.31. The van der Waals surface area contributed by atoms with Gasteiger partial charge in [0.25, 0.3) is 0 Å². The van der Waals surface area contributed by atoms with Gasteiger partial charge in [0.15, 0.2) is 0 Å². The van der Waals surface area contributed by atoms with Crippen LogP contribution in [0.15, 0.2) is 0 Å². The molecule has 0 spiro atoms. The van der Waals surface area contributed by atoms with E-state index in [4.69, 9.17) is 9.47 Å². The maximum atomic E-state index is 12.0. The van der Waals surface area contributed by atoms with Crippen LogP contribution in [0.1, 0.15) is 52.4 Å². The first-order chi connectivity index (χ1) is 8.70. The fraction of sp³-hybridized carbons (Fsp3) is 0.857. The summed E-state index contributed by atoms with van der Waals surface area (Å²) in [5.41, 5.74) is 0. The molecule has 1 rings (SSSR count). The summed E-state index contributed by atoms with van der Waals surface area (Å²) in [6.07, 6.45) is 5.71. The van der Waals surface area contributed by atoms with E-state index in [2.05, 4.69) is 0 Å². The Morgan fingerprint density at radius 2 is 1.22 bits per heavy atom. The van der Waals surface area contributed by atoms with E-state index in [0.717, 1.165) is 38.5 Å². The lowest BCUT2D eigenvalue weighted by Crippen LogP contribution is -2.33. The number of esters is 2. The fourth-order valence-corrected chi connectivity index (χ4v) is 2.55. The Hall–Kier alpha value is -1.06. The summed E-state index contributed by atoms with van der Waals surface area (Å²) in [7, 11) is 0. The number of ether oxygens (including phenoxy) is 2. The molecular formula is C14H24O4. The molecule has 2 unspecified atom stereocenters. The van der Waals surface area contributed by atoms with E-state index in [1.54, 1.807) is 13.8 Å². The molecule has 0 aromatic heterocycles. The fourth-order valence-electron chi connectivity index (χ4n) is 2.55. The Kier molecular flexibility index (Phi) is 6.76. The van der Waals surface area contributed by atoms with Crippen molar-refractivity contribution in [1.82, 2.24) is 0 Å². The minimum absolute atomic E-state index is 0.238. The van der Waals surface area contributed by atoms with Crippen molar-refractivity contribution in [3.05, 3.63) is 0 Å². The Labute approximate surface area is 109 Å². The van der Waals surface area contributed by atoms with E-state index in [1.165, 1.54) is 0 Å². The van der Waals surface area contributed by atoms with Crippen molar-refractivity contribution in [1.29, 1.82) is 0 Å². The Morgan fingerprint density at radius 1 is 0.833 bits per heavy atom. The number of carbonyl (C=O) groups is 2. The predicted molar refractivity (Wildman–Crippen MR) is 67.9 cm³/mol. The van der Waals surface area contributed by atoms with Gasteiger partial charge in [0.2, 0.25) is 0 Å². The Balaban J connectivity index is 2.74. The van der Waals surface area contributed by atoms with E-state index in [-0.39, 0.29) is 23.8 Å². The lowest BCUT2D eigenvalue weighted by atomic mass is 9.81. The van der Waals surface area contributed by atoms with Crippen LogP contribution in [0.5, 0.6) is 0 Å². The molecule has 0 radical (unpaired) electrons. The van der Waals surface area contributed by atoms with Crippen molar-refractivity contribution < 1.29 is 19.1 Å².